The Labute approximate surface area is 183 Å². The van der Waals surface area contributed by atoms with Crippen LogP contribution in [0.1, 0.15) is 59.1 Å². The molecule has 31 heavy (non-hydrogen) atoms. The van der Waals surface area contributed by atoms with E-state index in [1.54, 1.807) is 19.1 Å². The first kappa shape index (κ1) is 24.1. The van der Waals surface area contributed by atoms with Gasteiger partial charge in [0.15, 0.2) is 6.61 Å². The number of hydrogen-bond donors (Lipinski definition) is 1. The maximum absolute atomic E-state index is 12.1. The predicted molar refractivity (Wildman–Crippen MR) is 122 cm³/mol. The number of carbonyl (C=O) groups excluding carboxylic acids is 1. The lowest BCUT2D eigenvalue weighted by molar-refractivity contribution is -0.384. The lowest BCUT2D eigenvalue weighted by atomic mass is 9.72. The van der Waals surface area contributed by atoms with Crippen LogP contribution in [-0.2, 0) is 10.2 Å². The fraction of sp³-hybridized carbons (Fsp3) is 0.417. The molecule has 166 valence electrons. The Bertz CT molecular complexity index is 958. The third kappa shape index (κ3) is 7.51. The zero-order valence-corrected chi connectivity index (χ0v) is 19.1. The van der Waals surface area contributed by atoms with Gasteiger partial charge in [0, 0.05) is 17.7 Å². The molecule has 0 saturated heterocycles. The number of benzene rings is 2. The molecule has 0 unspecified atom stereocenters. The fourth-order valence-corrected chi connectivity index (χ4v) is 3.67. The highest BCUT2D eigenvalue weighted by molar-refractivity contribution is 5.99. The van der Waals surface area contributed by atoms with Crippen molar-refractivity contribution in [2.24, 2.45) is 10.5 Å². The van der Waals surface area contributed by atoms with Gasteiger partial charge in [-0.1, -0.05) is 58.9 Å². The predicted octanol–water partition coefficient (Wildman–Crippen LogP) is 5.23. The first-order valence-electron chi connectivity index (χ1n) is 10.2. The van der Waals surface area contributed by atoms with Crippen molar-refractivity contribution in [2.75, 3.05) is 6.61 Å². The third-order valence-electron chi connectivity index (χ3n) is 4.80. The number of non-ortho nitro benzene ring substituents is 1. The summed E-state index contributed by atoms with van der Waals surface area (Å²) in [7, 11) is 0. The van der Waals surface area contributed by atoms with Gasteiger partial charge >= 0.3 is 0 Å². The van der Waals surface area contributed by atoms with E-state index in [-0.39, 0.29) is 23.1 Å². The molecule has 2 aromatic rings. The number of nitro groups is 1. The number of rotatable bonds is 8. The van der Waals surface area contributed by atoms with Gasteiger partial charge in [-0.25, -0.2) is 5.43 Å². The molecule has 0 saturated carbocycles. The Hall–Kier alpha value is -3.22. The minimum absolute atomic E-state index is 0.0316. The molecule has 0 bridgehead atoms. The standard InChI is InChI=1S/C24H31N3O4/c1-17(18-8-7-9-20(14-18)27(29)30)25-26-22(28)15-31-21-12-10-19(11-13-21)24(5,6)16-23(2,3)4/h7-14H,15-16H2,1-6H3,(H,26,28)/b25-17-. The minimum Gasteiger partial charge on any atom is -0.484 e. The average molecular weight is 426 g/mol. The SMILES string of the molecule is C/C(=N/NC(=O)COc1ccc(C(C)(C)CC(C)(C)C)cc1)c1cccc([N+](=O)[O-])c1. The molecule has 0 aliphatic carbocycles. The molecule has 2 aromatic carbocycles. The summed E-state index contributed by atoms with van der Waals surface area (Å²) in [5.74, 6) is 0.187. The average Bonchev–Trinajstić information content (AvgIpc) is 2.69. The van der Waals surface area contributed by atoms with Crippen molar-refractivity contribution >= 4 is 17.3 Å². The third-order valence-corrected chi connectivity index (χ3v) is 4.80. The Morgan fingerprint density at radius 3 is 2.32 bits per heavy atom. The second kappa shape index (κ2) is 9.73. The van der Waals surface area contributed by atoms with Crippen molar-refractivity contribution < 1.29 is 14.5 Å². The lowest BCUT2D eigenvalue weighted by Crippen LogP contribution is -2.26. The molecular weight excluding hydrogens is 394 g/mol. The van der Waals surface area contributed by atoms with E-state index in [9.17, 15) is 14.9 Å². The van der Waals surface area contributed by atoms with E-state index in [1.807, 2.05) is 24.3 Å². The van der Waals surface area contributed by atoms with Crippen LogP contribution in [0.4, 0.5) is 5.69 Å². The molecule has 2 rings (SSSR count). The highest BCUT2D eigenvalue weighted by Gasteiger charge is 2.27. The summed E-state index contributed by atoms with van der Waals surface area (Å²) in [6.07, 6.45) is 1.05. The fourth-order valence-electron chi connectivity index (χ4n) is 3.67. The van der Waals surface area contributed by atoms with E-state index in [1.165, 1.54) is 17.7 Å². The summed E-state index contributed by atoms with van der Waals surface area (Å²) in [5.41, 5.74) is 4.88. The van der Waals surface area contributed by atoms with Crippen molar-refractivity contribution in [1.29, 1.82) is 0 Å². The molecule has 0 aliphatic rings. The van der Waals surface area contributed by atoms with E-state index < -0.39 is 10.8 Å². The Kier molecular flexibility index (Phi) is 7.55. The zero-order valence-electron chi connectivity index (χ0n) is 19.1. The van der Waals surface area contributed by atoms with Crippen LogP contribution in [-0.4, -0.2) is 23.1 Å². The number of ether oxygens (including phenoxy) is 1. The van der Waals surface area contributed by atoms with Gasteiger partial charge in [0.2, 0.25) is 0 Å². The van der Waals surface area contributed by atoms with Gasteiger partial charge in [-0.2, -0.15) is 5.10 Å². The highest BCUT2D eigenvalue weighted by atomic mass is 16.6. The van der Waals surface area contributed by atoms with Gasteiger partial charge < -0.3 is 4.74 Å². The molecule has 7 nitrogen and oxygen atoms in total. The van der Waals surface area contributed by atoms with Gasteiger partial charge in [0.1, 0.15) is 5.75 Å². The minimum atomic E-state index is -0.473. The van der Waals surface area contributed by atoms with Gasteiger partial charge in [0.25, 0.3) is 11.6 Å². The van der Waals surface area contributed by atoms with Crippen molar-refractivity contribution in [3.8, 4) is 5.75 Å². The Morgan fingerprint density at radius 2 is 1.74 bits per heavy atom. The van der Waals surface area contributed by atoms with Crippen LogP contribution in [0.5, 0.6) is 5.75 Å². The summed E-state index contributed by atoms with van der Waals surface area (Å²) in [6.45, 7) is 12.6. The van der Waals surface area contributed by atoms with Crippen LogP contribution in [0.2, 0.25) is 0 Å². The molecule has 1 amide bonds. The van der Waals surface area contributed by atoms with Crippen LogP contribution in [0.15, 0.2) is 53.6 Å². The molecule has 0 radical (unpaired) electrons. The summed E-state index contributed by atoms with van der Waals surface area (Å²) in [4.78, 5) is 22.5. The lowest BCUT2D eigenvalue weighted by Gasteiger charge is -2.33. The second-order valence-corrected chi connectivity index (χ2v) is 9.47. The van der Waals surface area contributed by atoms with Gasteiger partial charge in [-0.3, -0.25) is 14.9 Å². The highest BCUT2D eigenvalue weighted by Crippen LogP contribution is 2.36. The van der Waals surface area contributed by atoms with Crippen molar-refractivity contribution in [1.82, 2.24) is 5.43 Å². The molecule has 0 spiro atoms. The molecular formula is C24H31N3O4. The Morgan fingerprint density at radius 1 is 1.10 bits per heavy atom. The zero-order chi connectivity index (χ0) is 23.2. The molecule has 0 heterocycles. The second-order valence-electron chi connectivity index (χ2n) is 9.47. The molecule has 0 aromatic heterocycles. The monoisotopic (exact) mass is 425 g/mol. The van der Waals surface area contributed by atoms with Crippen LogP contribution in [0.25, 0.3) is 0 Å². The van der Waals surface area contributed by atoms with Crippen LogP contribution < -0.4 is 10.2 Å². The maximum Gasteiger partial charge on any atom is 0.277 e. The van der Waals surface area contributed by atoms with Gasteiger partial charge in [0.05, 0.1) is 10.6 Å². The van der Waals surface area contributed by atoms with E-state index in [2.05, 4.69) is 45.1 Å². The first-order chi connectivity index (χ1) is 14.4. The van der Waals surface area contributed by atoms with E-state index in [4.69, 9.17) is 4.74 Å². The quantitative estimate of drug-likeness (QED) is 0.356. The molecule has 7 heteroatoms. The maximum atomic E-state index is 12.1. The number of amides is 1. The largest absolute Gasteiger partial charge is 0.484 e. The number of nitro benzene ring substituents is 1. The molecule has 1 N–H and O–H groups in total. The van der Waals surface area contributed by atoms with Crippen LogP contribution in [0, 0.1) is 15.5 Å². The normalized spacial score (nSPS) is 12.4. The Balaban J connectivity index is 1.92. The summed E-state index contributed by atoms with van der Waals surface area (Å²) < 4.78 is 5.55. The van der Waals surface area contributed by atoms with Crippen molar-refractivity contribution in [3.05, 3.63) is 69.8 Å². The first-order valence-corrected chi connectivity index (χ1v) is 10.2. The molecule has 0 fully saturated rings. The number of hydrazone groups is 1. The van der Waals surface area contributed by atoms with E-state index in [0.29, 0.717) is 17.0 Å². The van der Waals surface area contributed by atoms with Gasteiger partial charge in [-0.05, 0) is 41.9 Å². The smallest absolute Gasteiger partial charge is 0.277 e. The summed E-state index contributed by atoms with van der Waals surface area (Å²) in [6, 6.07) is 13.9. The van der Waals surface area contributed by atoms with E-state index >= 15 is 0 Å². The van der Waals surface area contributed by atoms with Crippen molar-refractivity contribution in [3.63, 3.8) is 0 Å². The van der Waals surface area contributed by atoms with Crippen molar-refractivity contribution in [2.45, 2.75) is 53.4 Å². The van der Waals surface area contributed by atoms with Gasteiger partial charge in [-0.15, -0.1) is 0 Å². The number of hydrogen-bond acceptors (Lipinski definition) is 5. The number of nitrogens with zero attached hydrogens (tertiary/aromatic N) is 2. The number of carbonyl (C=O) groups is 1. The molecule has 0 aliphatic heterocycles. The summed E-state index contributed by atoms with van der Waals surface area (Å²) >= 11 is 0. The number of nitrogens with one attached hydrogen (secondary N) is 1. The topological polar surface area (TPSA) is 93.8 Å². The summed E-state index contributed by atoms with van der Waals surface area (Å²) in [5, 5.41) is 14.9. The van der Waals surface area contributed by atoms with E-state index in [0.717, 1.165) is 6.42 Å². The molecule has 0 atom stereocenters. The van der Waals surface area contributed by atoms with Crippen LogP contribution in [0.3, 0.4) is 0 Å². The van der Waals surface area contributed by atoms with Crippen LogP contribution >= 0.6 is 0 Å².